The summed E-state index contributed by atoms with van der Waals surface area (Å²) in [5.41, 5.74) is 0.595. The molecule has 2 aliphatic rings. The van der Waals surface area contributed by atoms with Gasteiger partial charge in [-0.2, -0.15) is 0 Å². The van der Waals surface area contributed by atoms with Gasteiger partial charge >= 0.3 is 12.0 Å². The zero-order valence-electron chi connectivity index (χ0n) is 13.7. The second kappa shape index (κ2) is 6.59. The van der Waals surface area contributed by atoms with Gasteiger partial charge in [0.15, 0.2) is 11.5 Å². The van der Waals surface area contributed by atoms with Gasteiger partial charge in [0.25, 0.3) is 5.79 Å². The van der Waals surface area contributed by atoms with Crippen molar-refractivity contribution >= 4 is 17.7 Å². The van der Waals surface area contributed by atoms with E-state index in [-0.39, 0.29) is 19.0 Å². The maximum absolute atomic E-state index is 12.1. The summed E-state index contributed by atoms with van der Waals surface area (Å²) < 4.78 is 12.0. The van der Waals surface area contributed by atoms with Crippen molar-refractivity contribution in [1.29, 1.82) is 0 Å². The van der Waals surface area contributed by atoms with Crippen molar-refractivity contribution in [3.63, 3.8) is 0 Å². The number of anilines is 1. The van der Waals surface area contributed by atoms with Gasteiger partial charge in [0, 0.05) is 38.2 Å². The van der Waals surface area contributed by atoms with Crippen LogP contribution < -0.4 is 14.8 Å². The number of benzene rings is 1. The molecule has 0 radical (unpaired) electrons. The van der Waals surface area contributed by atoms with Gasteiger partial charge in [-0.1, -0.05) is 6.42 Å². The summed E-state index contributed by atoms with van der Waals surface area (Å²) in [5, 5.41) is 11.4. The third kappa shape index (κ3) is 3.55. The molecule has 2 amide bonds. The molecule has 1 saturated carbocycles. The first-order chi connectivity index (χ1) is 11.5. The third-order valence-electron chi connectivity index (χ3n) is 4.41. The number of ether oxygens (including phenoxy) is 2. The lowest BCUT2D eigenvalue weighted by Gasteiger charge is -2.31. The number of amides is 2. The first-order valence-electron chi connectivity index (χ1n) is 8.23. The van der Waals surface area contributed by atoms with Crippen LogP contribution in [-0.2, 0) is 4.79 Å². The van der Waals surface area contributed by atoms with Crippen LogP contribution in [0.15, 0.2) is 18.2 Å². The van der Waals surface area contributed by atoms with Crippen molar-refractivity contribution in [2.24, 2.45) is 0 Å². The number of carbonyl (C=O) groups excluding carboxylic acids is 1. The molecule has 0 aromatic heterocycles. The van der Waals surface area contributed by atoms with E-state index in [2.05, 4.69) is 5.32 Å². The Morgan fingerprint density at radius 3 is 2.62 bits per heavy atom. The fraction of sp³-hybridized carbons (Fsp3) is 0.529. The van der Waals surface area contributed by atoms with E-state index >= 15 is 0 Å². The number of rotatable bonds is 4. The summed E-state index contributed by atoms with van der Waals surface area (Å²) >= 11 is 0. The lowest BCUT2D eigenvalue weighted by molar-refractivity contribution is -0.137. The van der Waals surface area contributed by atoms with E-state index in [1.165, 1.54) is 11.3 Å². The molecule has 1 heterocycles. The highest BCUT2D eigenvalue weighted by atomic mass is 16.7. The number of carbonyl (C=O) groups is 2. The number of hydrogen-bond donors (Lipinski definition) is 2. The van der Waals surface area contributed by atoms with Gasteiger partial charge in [-0.25, -0.2) is 4.79 Å². The summed E-state index contributed by atoms with van der Waals surface area (Å²) in [4.78, 5) is 24.0. The SMILES string of the molecule is CN(CCC(=O)O)C(=O)Nc1ccc2c(c1)OC1(CCCCC1)O2. The molecule has 1 aromatic rings. The van der Waals surface area contributed by atoms with Crippen molar-refractivity contribution in [3.05, 3.63) is 18.2 Å². The highest BCUT2D eigenvalue weighted by molar-refractivity contribution is 5.89. The Balaban J connectivity index is 1.62. The maximum atomic E-state index is 12.1. The molecule has 0 bridgehead atoms. The van der Waals surface area contributed by atoms with Crippen LogP contribution in [0, 0.1) is 0 Å². The van der Waals surface area contributed by atoms with E-state index in [0.717, 1.165) is 25.7 Å². The van der Waals surface area contributed by atoms with Gasteiger partial charge in [-0.05, 0) is 25.0 Å². The van der Waals surface area contributed by atoms with Gasteiger partial charge in [0.2, 0.25) is 0 Å². The third-order valence-corrected chi connectivity index (χ3v) is 4.41. The standard InChI is InChI=1S/C17H22N2O5/c1-19(10-7-15(20)21)16(22)18-12-5-6-13-14(11-12)24-17(23-13)8-3-2-4-9-17/h5-6,11H,2-4,7-10H2,1H3,(H,18,22)(H,20,21). The number of carboxylic acids is 1. The van der Waals surface area contributed by atoms with Gasteiger partial charge in [0.05, 0.1) is 6.42 Å². The van der Waals surface area contributed by atoms with E-state index in [9.17, 15) is 9.59 Å². The van der Waals surface area contributed by atoms with Crippen LogP contribution in [0.25, 0.3) is 0 Å². The molecule has 3 rings (SSSR count). The zero-order valence-corrected chi connectivity index (χ0v) is 13.7. The molecular weight excluding hydrogens is 312 g/mol. The maximum Gasteiger partial charge on any atom is 0.321 e. The molecule has 1 aromatic carbocycles. The molecule has 24 heavy (non-hydrogen) atoms. The monoisotopic (exact) mass is 334 g/mol. The molecule has 7 nitrogen and oxygen atoms in total. The summed E-state index contributed by atoms with van der Waals surface area (Å²) in [6.07, 6.45) is 5.04. The Morgan fingerprint density at radius 2 is 1.92 bits per heavy atom. The van der Waals surface area contributed by atoms with Crippen molar-refractivity contribution < 1.29 is 24.2 Å². The molecule has 130 valence electrons. The normalized spacial score (nSPS) is 17.5. The van der Waals surface area contributed by atoms with Crippen molar-refractivity contribution in [3.8, 4) is 11.5 Å². The summed E-state index contributed by atoms with van der Waals surface area (Å²) in [7, 11) is 1.56. The molecule has 1 aliphatic carbocycles. The van der Waals surface area contributed by atoms with E-state index < -0.39 is 11.8 Å². The molecule has 7 heteroatoms. The molecule has 0 atom stereocenters. The second-order valence-corrected chi connectivity index (χ2v) is 6.33. The Kier molecular flexibility index (Phi) is 4.51. The van der Waals surface area contributed by atoms with Gasteiger partial charge in [-0.15, -0.1) is 0 Å². The van der Waals surface area contributed by atoms with Crippen LogP contribution in [0.3, 0.4) is 0 Å². The molecule has 0 saturated heterocycles. The van der Waals surface area contributed by atoms with Crippen LogP contribution >= 0.6 is 0 Å². The minimum atomic E-state index is -0.935. The van der Waals surface area contributed by atoms with Crippen molar-refractivity contribution in [2.45, 2.75) is 44.3 Å². The molecule has 2 N–H and O–H groups in total. The van der Waals surface area contributed by atoms with E-state index in [0.29, 0.717) is 17.2 Å². The number of fused-ring (bicyclic) bond motifs is 1. The van der Waals surface area contributed by atoms with Gasteiger partial charge in [-0.3, -0.25) is 4.79 Å². The fourth-order valence-electron chi connectivity index (χ4n) is 3.05. The van der Waals surface area contributed by atoms with Crippen molar-refractivity contribution in [2.75, 3.05) is 18.9 Å². The topological polar surface area (TPSA) is 88.1 Å². The van der Waals surface area contributed by atoms with Gasteiger partial charge in [0.1, 0.15) is 0 Å². The van der Waals surface area contributed by atoms with Crippen LogP contribution in [0.1, 0.15) is 38.5 Å². The first-order valence-corrected chi connectivity index (χ1v) is 8.23. The van der Waals surface area contributed by atoms with E-state index in [1.807, 2.05) is 0 Å². The largest absolute Gasteiger partial charge is 0.481 e. The number of carboxylic acid groups (broad SMARTS) is 1. The highest BCUT2D eigenvalue weighted by Crippen LogP contribution is 2.46. The first kappa shape index (κ1) is 16.4. The number of aliphatic carboxylic acids is 1. The number of nitrogens with zero attached hydrogens (tertiary/aromatic N) is 1. The second-order valence-electron chi connectivity index (χ2n) is 6.33. The predicted molar refractivity (Wildman–Crippen MR) is 87.4 cm³/mol. The number of urea groups is 1. The molecule has 1 fully saturated rings. The Labute approximate surface area is 140 Å². The summed E-state index contributed by atoms with van der Waals surface area (Å²) in [5.74, 6) is -0.130. The van der Waals surface area contributed by atoms with Crippen molar-refractivity contribution in [1.82, 2.24) is 4.90 Å². The van der Waals surface area contributed by atoms with E-state index in [4.69, 9.17) is 14.6 Å². The summed E-state index contributed by atoms with van der Waals surface area (Å²) in [6, 6.07) is 4.95. The Hall–Kier alpha value is -2.44. The average Bonchev–Trinajstić information content (AvgIpc) is 2.89. The Bertz CT molecular complexity index is 640. The molecule has 1 aliphatic heterocycles. The average molecular weight is 334 g/mol. The number of nitrogens with one attached hydrogen (secondary N) is 1. The molecular formula is C17H22N2O5. The fourth-order valence-corrected chi connectivity index (χ4v) is 3.05. The molecule has 0 unspecified atom stereocenters. The molecule has 1 spiro atoms. The van der Waals surface area contributed by atoms with Crippen LogP contribution in [0.4, 0.5) is 10.5 Å². The van der Waals surface area contributed by atoms with Crippen LogP contribution in [0.5, 0.6) is 11.5 Å². The Morgan fingerprint density at radius 1 is 1.21 bits per heavy atom. The summed E-state index contributed by atoms with van der Waals surface area (Å²) in [6.45, 7) is 0.148. The zero-order chi connectivity index (χ0) is 17.2. The van der Waals surface area contributed by atoms with Crippen LogP contribution in [-0.4, -0.2) is 41.4 Å². The lowest BCUT2D eigenvalue weighted by Crippen LogP contribution is -2.40. The number of hydrogen-bond acceptors (Lipinski definition) is 4. The van der Waals surface area contributed by atoms with Gasteiger partial charge < -0.3 is 24.8 Å². The lowest BCUT2D eigenvalue weighted by atomic mass is 9.94. The van der Waals surface area contributed by atoms with E-state index in [1.54, 1.807) is 25.2 Å². The minimum absolute atomic E-state index is 0.0897. The minimum Gasteiger partial charge on any atom is -0.481 e. The highest BCUT2D eigenvalue weighted by Gasteiger charge is 2.42. The van der Waals surface area contributed by atoms with Crippen LogP contribution in [0.2, 0.25) is 0 Å². The predicted octanol–water partition coefficient (Wildman–Crippen LogP) is 3.06. The smallest absolute Gasteiger partial charge is 0.321 e. The quantitative estimate of drug-likeness (QED) is 0.883.